The number of aryl methyl sites for hydroxylation is 1. The Morgan fingerprint density at radius 1 is 1.41 bits per heavy atom. The summed E-state index contributed by atoms with van der Waals surface area (Å²) < 4.78 is 5.29. The molecule has 4 nitrogen and oxygen atoms in total. The number of nitrogens with one attached hydrogen (secondary N) is 1. The van der Waals surface area contributed by atoms with Gasteiger partial charge in [0, 0.05) is 18.4 Å². The van der Waals surface area contributed by atoms with Crippen LogP contribution in [0.2, 0.25) is 0 Å². The van der Waals surface area contributed by atoms with E-state index in [0.717, 1.165) is 22.8 Å². The molecule has 0 bridgehead atoms. The summed E-state index contributed by atoms with van der Waals surface area (Å²) >= 11 is 0. The Morgan fingerprint density at radius 3 is 3.00 bits per heavy atom. The number of nitrogens with zero attached hydrogens (tertiary/aromatic N) is 2. The summed E-state index contributed by atoms with van der Waals surface area (Å²) in [4.78, 5) is 7.44. The van der Waals surface area contributed by atoms with Crippen molar-refractivity contribution in [3.8, 4) is 23.1 Å². The summed E-state index contributed by atoms with van der Waals surface area (Å²) in [6.45, 7) is 0. The van der Waals surface area contributed by atoms with Crippen molar-refractivity contribution in [3.63, 3.8) is 0 Å². The summed E-state index contributed by atoms with van der Waals surface area (Å²) in [5.74, 6) is 1.63. The molecule has 1 heterocycles. The van der Waals surface area contributed by atoms with Gasteiger partial charge in [0.05, 0.1) is 25.1 Å². The number of para-hydroxylation sites is 1. The number of nitriles is 1. The second-order valence-electron chi connectivity index (χ2n) is 3.60. The van der Waals surface area contributed by atoms with Gasteiger partial charge in [0.2, 0.25) is 0 Å². The van der Waals surface area contributed by atoms with Gasteiger partial charge < -0.3 is 9.72 Å². The molecular weight excluding hydrogens is 214 g/mol. The maximum atomic E-state index is 8.52. The van der Waals surface area contributed by atoms with Gasteiger partial charge in [0.1, 0.15) is 11.6 Å². The minimum atomic E-state index is 0.471. The Bertz CT molecular complexity index is 540. The third kappa shape index (κ3) is 2.45. The van der Waals surface area contributed by atoms with E-state index < -0.39 is 0 Å². The molecule has 0 radical (unpaired) electrons. The van der Waals surface area contributed by atoms with Crippen LogP contribution in [0.3, 0.4) is 0 Å². The molecule has 1 aromatic heterocycles. The van der Waals surface area contributed by atoms with Crippen LogP contribution in [0.5, 0.6) is 5.75 Å². The quantitative estimate of drug-likeness (QED) is 0.873. The highest BCUT2D eigenvalue weighted by molar-refractivity contribution is 5.66. The molecule has 1 aromatic carbocycles. The fourth-order valence-corrected chi connectivity index (χ4v) is 1.67. The number of imidazole rings is 1. The zero-order chi connectivity index (χ0) is 12.1. The molecule has 0 aliphatic rings. The summed E-state index contributed by atoms with van der Waals surface area (Å²) in [6.07, 6.45) is 2.88. The van der Waals surface area contributed by atoms with Gasteiger partial charge in [0.15, 0.2) is 0 Å². The zero-order valence-corrected chi connectivity index (χ0v) is 9.60. The average Bonchev–Trinajstić information content (AvgIpc) is 2.85. The first-order valence-electron chi connectivity index (χ1n) is 5.39. The van der Waals surface area contributed by atoms with E-state index in [1.54, 1.807) is 13.3 Å². The Kier molecular flexibility index (Phi) is 3.41. The number of aromatic amines is 1. The number of aromatic nitrogens is 2. The third-order valence-electron chi connectivity index (χ3n) is 2.50. The lowest BCUT2D eigenvalue weighted by atomic mass is 10.1. The molecule has 0 atom stereocenters. The lowest BCUT2D eigenvalue weighted by Crippen LogP contribution is -1.89. The summed E-state index contributed by atoms with van der Waals surface area (Å²) in [7, 11) is 1.64. The van der Waals surface area contributed by atoms with E-state index in [2.05, 4.69) is 16.0 Å². The number of H-pyrrole nitrogens is 1. The van der Waals surface area contributed by atoms with Crippen LogP contribution in [0.1, 0.15) is 12.2 Å². The maximum Gasteiger partial charge on any atom is 0.128 e. The van der Waals surface area contributed by atoms with E-state index in [0.29, 0.717) is 12.8 Å². The van der Waals surface area contributed by atoms with Gasteiger partial charge in [-0.25, -0.2) is 4.98 Å². The molecule has 2 rings (SSSR count). The predicted octanol–water partition coefficient (Wildman–Crippen LogP) is 2.54. The van der Waals surface area contributed by atoms with E-state index in [9.17, 15) is 0 Å². The van der Waals surface area contributed by atoms with Gasteiger partial charge in [-0.2, -0.15) is 5.26 Å². The van der Waals surface area contributed by atoms with Crippen molar-refractivity contribution >= 4 is 0 Å². The summed E-state index contributed by atoms with van der Waals surface area (Å²) in [6, 6.07) is 9.86. The van der Waals surface area contributed by atoms with Gasteiger partial charge in [0.25, 0.3) is 0 Å². The van der Waals surface area contributed by atoms with Crippen LogP contribution in [0.15, 0.2) is 30.5 Å². The van der Waals surface area contributed by atoms with Crippen molar-refractivity contribution in [1.82, 2.24) is 9.97 Å². The largest absolute Gasteiger partial charge is 0.496 e. The molecule has 17 heavy (non-hydrogen) atoms. The molecule has 0 unspecified atom stereocenters. The highest BCUT2D eigenvalue weighted by Gasteiger charge is 2.07. The highest BCUT2D eigenvalue weighted by atomic mass is 16.5. The second kappa shape index (κ2) is 5.17. The van der Waals surface area contributed by atoms with E-state index in [1.807, 2.05) is 24.3 Å². The van der Waals surface area contributed by atoms with Gasteiger partial charge in [-0.15, -0.1) is 0 Å². The Balaban J connectivity index is 2.28. The van der Waals surface area contributed by atoms with Crippen molar-refractivity contribution in [3.05, 3.63) is 36.3 Å². The molecule has 0 spiro atoms. The third-order valence-corrected chi connectivity index (χ3v) is 2.50. The Labute approximate surface area is 99.9 Å². The summed E-state index contributed by atoms with van der Waals surface area (Å²) in [5.41, 5.74) is 1.89. The SMILES string of the molecule is COc1ccccc1-c1cnc(CCC#N)[nH]1. The van der Waals surface area contributed by atoms with Crippen LogP contribution in [0.4, 0.5) is 0 Å². The molecule has 0 fully saturated rings. The number of hydrogen-bond acceptors (Lipinski definition) is 3. The molecule has 1 N–H and O–H groups in total. The lowest BCUT2D eigenvalue weighted by molar-refractivity contribution is 0.416. The van der Waals surface area contributed by atoms with Gasteiger partial charge in [-0.1, -0.05) is 12.1 Å². The summed E-state index contributed by atoms with van der Waals surface area (Å²) in [5, 5.41) is 8.52. The molecule has 0 saturated carbocycles. The first-order chi connectivity index (χ1) is 8.35. The maximum absolute atomic E-state index is 8.52. The van der Waals surface area contributed by atoms with Crippen molar-refractivity contribution in [2.75, 3.05) is 7.11 Å². The monoisotopic (exact) mass is 227 g/mol. The lowest BCUT2D eigenvalue weighted by Gasteiger charge is -2.05. The van der Waals surface area contributed by atoms with E-state index in [1.165, 1.54) is 0 Å². The van der Waals surface area contributed by atoms with E-state index in [-0.39, 0.29) is 0 Å². The Morgan fingerprint density at radius 2 is 2.24 bits per heavy atom. The number of methoxy groups -OCH3 is 1. The zero-order valence-electron chi connectivity index (χ0n) is 9.60. The molecule has 86 valence electrons. The number of benzene rings is 1. The minimum Gasteiger partial charge on any atom is -0.496 e. The predicted molar refractivity (Wildman–Crippen MR) is 64.5 cm³/mol. The first kappa shape index (κ1) is 11.2. The normalized spacial score (nSPS) is 9.88. The van der Waals surface area contributed by atoms with Crippen LogP contribution < -0.4 is 4.74 Å². The smallest absolute Gasteiger partial charge is 0.128 e. The van der Waals surface area contributed by atoms with Gasteiger partial charge in [-0.3, -0.25) is 0 Å². The van der Waals surface area contributed by atoms with Crippen molar-refractivity contribution in [2.24, 2.45) is 0 Å². The number of rotatable bonds is 4. The molecule has 2 aromatic rings. The van der Waals surface area contributed by atoms with Crippen LogP contribution in [0, 0.1) is 11.3 Å². The van der Waals surface area contributed by atoms with E-state index >= 15 is 0 Å². The fraction of sp³-hybridized carbons (Fsp3) is 0.231. The number of hydrogen-bond donors (Lipinski definition) is 1. The van der Waals surface area contributed by atoms with Crippen molar-refractivity contribution in [2.45, 2.75) is 12.8 Å². The number of ether oxygens (including phenoxy) is 1. The molecule has 4 heteroatoms. The van der Waals surface area contributed by atoms with Crippen molar-refractivity contribution in [1.29, 1.82) is 5.26 Å². The molecule has 0 aliphatic carbocycles. The Hall–Kier alpha value is -2.28. The molecule has 0 saturated heterocycles. The van der Waals surface area contributed by atoms with Gasteiger partial charge >= 0.3 is 0 Å². The molecular formula is C13H13N3O. The van der Waals surface area contributed by atoms with Crippen LogP contribution in [-0.2, 0) is 6.42 Å². The molecule has 0 amide bonds. The topological polar surface area (TPSA) is 61.7 Å². The molecule has 0 aliphatic heterocycles. The van der Waals surface area contributed by atoms with Crippen molar-refractivity contribution < 1.29 is 4.74 Å². The second-order valence-corrected chi connectivity index (χ2v) is 3.60. The van der Waals surface area contributed by atoms with Crippen LogP contribution >= 0.6 is 0 Å². The standard InChI is InChI=1S/C13H13N3O/c1-17-12-6-3-2-5-10(12)11-9-15-13(16-11)7-4-8-14/h2-3,5-6,9H,4,7H2,1H3,(H,15,16). The minimum absolute atomic E-state index is 0.471. The van der Waals surface area contributed by atoms with Gasteiger partial charge in [-0.05, 0) is 12.1 Å². The van der Waals surface area contributed by atoms with Crippen LogP contribution in [0.25, 0.3) is 11.3 Å². The average molecular weight is 227 g/mol. The fourth-order valence-electron chi connectivity index (χ4n) is 1.67. The first-order valence-corrected chi connectivity index (χ1v) is 5.39. The highest BCUT2D eigenvalue weighted by Crippen LogP contribution is 2.27. The van der Waals surface area contributed by atoms with E-state index in [4.69, 9.17) is 10.00 Å². The van der Waals surface area contributed by atoms with Crippen LogP contribution in [-0.4, -0.2) is 17.1 Å².